The Labute approximate surface area is 73.7 Å². The van der Waals surface area contributed by atoms with Crippen molar-refractivity contribution in [1.82, 2.24) is 10.6 Å². The van der Waals surface area contributed by atoms with Crippen LogP contribution in [0.15, 0.2) is 23.3 Å². The smallest absolute Gasteiger partial charge is 0.0321 e. The van der Waals surface area contributed by atoms with Gasteiger partial charge in [0.05, 0.1) is 0 Å². The molecule has 66 valence electrons. The first-order valence-corrected chi connectivity index (χ1v) is 4.68. The molecule has 2 N–H and O–H groups in total. The number of hydrogen-bond acceptors (Lipinski definition) is 2. The highest BCUT2D eigenvalue weighted by Crippen LogP contribution is 2.25. The average Bonchev–Trinajstić information content (AvgIpc) is 2.53. The molecular formula is C10H16N2. The van der Waals surface area contributed by atoms with E-state index in [1.165, 1.54) is 18.4 Å². The van der Waals surface area contributed by atoms with E-state index < -0.39 is 0 Å². The third kappa shape index (κ3) is 1.32. The Morgan fingerprint density at radius 3 is 3.42 bits per heavy atom. The van der Waals surface area contributed by atoms with E-state index >= 15 is 0 Å². The van der Waals surface area contributed by atoms with Gasteiger partial charge in [-0.1, -0.05) is 12.2 Å². The SMILES string of the molecule is CNCC1=C2CCNC2CC=C1. The van der Waals surface area contributed by atoms with Crippen molar-refractivity contribution in [2.75, 3.05) is 20.1 Å². The van der Waals surface area contributed by atoms with Crippen LogP contribution in [0.3, 0.4) is 0 Å². The predicted molar refractivity (Wildman–Crippen MR) is 51.1 cm³/mol. The van der Waals surface area contributed by atoms with Gasteiger partial charge in [-0.25, -0.2) is 0 Å². The third-order valence-electron chi connectivity index (χ3n) is 2.68. The lowest BCUT2D eigenvalue weighted by atomic mass is 9.94. The van der Waals surface area contributed by atoms with Gasteiger partial charge in [0.1, 0.15) is 0 Å². The largest absolute Gasteiger partial charge is 0.316 e. The van der Waals surface area contributed by atoms with Crippen LogP contribution in [-0.2, 0) is 0 Å². The van der Waals surface area contributed by atoms with E-state index in [-0.39, 0.29) is 0 Å². The number of rotatable bonds is 2. The van der Waals surface area contributed by atoms with Gasteiger partial charge in [0, 0.05) is 12.6 Å². The molecule has 2 heteroatoms. The van der Waals surface area contributed by atoms with Crippen LogP contribution in [0.4, 0.5) is 0 Å². The molecule has 1 aliphatic carbocycles. The standard InChI is InChI=1S/C10H16N2/c1-11-7-8-3-2-4-10-9(8)5-6-12-10/h2-3,10-12H,4-7H2,1H3. The summed E-state index contributed by atoms with van der Waals surface area (Å²) in [6, 6.07) is 0.651. The molecule has 1 atom stereocenters. The summed E-state index contributed by atoms with van der Waals surface area (Å²) in [4.78, 5) is 0. The Morgan fingerprint density at radius 1 is 1.67 bits per heavy atom. The summed E-state index contributed by atoms with van der Waals surface area (Å²) in [5.41, 5.74) is 3.13. The van der Waals surface area contributed by atoms with Gasteiger partial charge < -0.3 is 10.6 Å². The van der Waals surface area contributed by atoms with Gasteiger partial charge >= 0.3 is 0 Å². The van der Waals surface area contributed by atoms with Crippen LogP contribution < -0.4 is 10.6 Å². The summed E-state index contributed by atoms with van der Waals surface area (Å²) in [6.45, 7) is 2.18. The average molecular weight is 164 g/mol. The fraction of sp³-hybridized carbons (Fsp3) is 0.600. The van der Waals surface area contributed by atoms with E-state index in [9.17, 15) is 0 Å². The van der Waals surface area contributed by atoms with Crippen LogP contribution >= 0.6 is 0 Å². The summed E-state index contributed by atoms with van der Waals surface area (Å²) < 4.78 is 0. The van der Waals surface area contributed by atoms with E-state index in [2.05, 4.69) is 22.8 Å². The van der Waals surface area contributed by atoms with E-state index in [1.807, 2.05) is 7.05 Å². The summed E-state index contributed by atoms with van der Waals surface area (Å²) >= 11 is 0. The van der Waals surface area contributed by atoms with Gasteiger partial charge in [-0.3, -0.25) is 0 Å². The topological polar surface area (TPSA) is 24.1 Å². The van der Waals surface area contributed by atoms with Crippen molar-refractivity contribution in [1.29, 1.82) is 0 Å². The minimum absolute atomic E-state index is 0.651. The molecule has 2 aliphatic rings. The van der Waals surface area contributed by atoms with Gasteiger partial charge in [0.25, 0.3) is 0 Å². The molecule has 0 amide bonds. The first-order chi connectivity index (χ1) is 5.92. The number of nitrogens with one attached hydrogen (secondary N) is 2. The van der Waals surface area contributed by atoms with E-state index in [1.54, 1.807) is 5.57 Å². The quantitative estimate of drug-likeness (QED) is 0.631. The zero-order chi connectivity index (χ0) is 8.39. The van der Waals surface area contributed by atoms with E-state index in [4.69, 9.17) is 0 Å². The van der Waals surface area contributed by atoms with Crippen molar-refractivity contribution in [3.05, 3.63) is 23.3 Å². The summed E-state index contributed by atoms with van der Waals surface area (Å²) in [5, 5.41) is 6.72. The van der Waals surface area contributed by atoms with Gasteiger partial charge in [0.15, 0.2) is 0 Å². The summed E-state index contributed by atoms with van der Waals surface area (Å²) in [7, 11) is 2.01. The summed E-state index contributed by atoms with van der Waals surface area (Å²) in [6.07, 6.45) is 6.98. The van der Waals surface area contributed by atoms with Crippen molar-refractivity contribution in [3.8, 4) is 0 Å². The highest BCUT2D eigenvalue weighted by molar-refractivity contribution is 5.36. The zero-order valence-corrected chi connectivity index (χ0v) is 7.56. The number of fused-ring (bicyclic) bond motifs is 1. The third-order valence-corrected chi connectivity index (χ3v) is 2.68. The molecule has 12 heavy (non-hydrogen) atoms. The first-order valence-electron chi connectivity index (χ1n) is 4.68. The monoisotopic (exact) mass is 164 g/mol. The van der Waals surface area contributed by atoms with Crippen molar-refractivity contribution in [2.24, 2.45) is 0 Å². The fourth-order valence-corrected chi connectivity index (χ4v) is 2.10. The van der Waals surface area contributed by atoms with Gasteiger partial charge in [-0.05, 0) is 37.6 Å². The number of likely N-dealkylation sites (N-methyl/N-ethyl adjacent to an activating group) is 1. The molecule has 0 spiro atoms. The van der Waals surface area contributed by atoms with Crippen molar-refractivity contribution in [2.45, 2.75) is 18.9 Å². The van der Waals surface area contributed by atoms with Gasteiger partial charge in [0.2, 0.25) is 0 Å². The lowest BCUT2D eigenvalue weighted by Gasteiger charge is -2.18. The van der Waals surface area contributed by atoms with Crippen LogP contribution in [0.5, 0.6) is 0 Å². The molecule has 1 aliphatic heterocycles. The Hall–Kier alpha value is -0.600. The molecule has 1 saturated heterocycles. The maximum Gasteiger partial charge on any atom is 0.0321 e. The highest BCUT2D eigenvalue weighted by Gasteiger charge is 2.23. The Balaban J connectivity index is 2.19. The molecule has 2 nitrogen and oxygen atoms in total. The molecule has 1 unspecified atom stereocenters. The Bertz CT molecular complexity index is 228. The zero-order valence-electron chi connectivity index (χ0n) is 7.56. The van der Waals surface area contributed by atoms with Crippen LogP contribution in [0.2, 0.25) is 0 Å². The molecule has 0 radical (unpaired) electrons. The van der Waals surface area contributed by atoms with Crippen molar-refractivity contribution < 1.29 is 0 Å². The van der Waals surface area contributed by atoms with Crippen LogP contribution in [0, 0.1) is 0 Å². The van der Waals surface area contributed by atoms with Crippen LogP contribution in [0.1, 0.15) is 12.8 Å². The molecule has 0 aromatic heterocycles. The van der Waals surface area contributed by atoms with Gasteiger partial charge in [-0.15, -0.1) is 0 Å². The maximum atomic E-state index is 3.51. The second-order valence-corrected chi connectivity index (χ2v) is 3.48. The normalized spacial score (nSPS) is 27.9. The predicted octanol–water partition coefficient (Wildman–Crippen LogP) is 0.824. The number of hydrogen-bond donors (Lipinski definition) is 2. The molecule has 0 aromatic rings. The van der Waals surface area contributed by atoms with E-state index in [0.29, 0.717) is 6.04 Å². The lowest BCUT2D eigenvalue weighted by molar-refractivity contribution is 0.661. The minimum atomic E-state index is 0.651. The Kier molecular flexibility index (Phi) is 2.28. The second kappa shape index (κ2) is 3.42. The molecule has 0 saturated carbocycles. The molecular weight excluding hydrogens is 148 g/mol. The molecule has 0 bridgehead atoms. The molecule has 1 fully saturated rings. The van der Waals surface area contributed by atoms with Crippen LogP contribution in [-0.4, -0.2) is 26.2 Å². The molecule has 1 heterocycles. The van der Waals surface area contributed by atoms with Crippen molar-refractivity contribution in [3.63, 3.8) is 0 Å². The minimum Gasteiger partial charge on any atom is -0.316 e. The Morgan fingerprint density at radius 2 is 2.58 bits per heavy atom. The van der Waals surface area contributed by atoms with E-state index in [0.717, 1.165) is 13.1 Å². The first kappa shape index (κ1) is 8.02. The second-order valence-electron chi connectivity index (χ2n) is 3.48. The molecule has 0 aromatic carbocycles. The maximum absolute atomic E-state index is 3.51. The van der Waals surface area contributed by atoms with Crippen molar-refractivity contribution >= 4 is 0 Å². The van der Waals surface area contributed by atoms with Gasteiger partial charge in [-0.2, -0.15) is 0 Å². The fourth-order valence-electron chi connectivity index (χ4n) is 2.10. The van der Waals surface area contributed by atoms with Crippen LogP contribution in [0.25, 0.3) is 0 Å². The molecule has 2 rings (SSSR count). The lowest BCUT2D eigenvalue weighted by Crippen LogP contribution is -2.25. The summed E-state index contributed by atoms with van der Waals surface area (Å²) in [5.74, 6) is 0. The highest BCUT2D eigenvalue weighted by atomic mass is 14.9.